The van der Waals surface area contributed by atoms with Crippen molar-refractivity contribution in [3.05, 3.63) is 53.0 Å². The fourth-order valence-electron chi connectivity index (χ4n) is 3.50. The molecule has 2 aromatic heterocycles. The molecule has 0 bridgehead atoms. The summed E-state index contributed by atoms with van der Waals surface area (Å²) in [5.74, 6) is -0.407. The Balaban J connectivity index is 1.37. The highest BCUT2D eigenvalue weighted by Gasteiger charge is 2.24. The van der Waals surface area contributed by atoms with Crippen LogP contribution in [0.15, 0.2) is 41.6 Å². The van der Waals surface area contributed by atoms with Crippen LogP contribution in [0, 0.1) is 5.82 Å². The summed E-state index contributed by atoms with van der Waals surface area (Å²) in [6.45, 7) is 1.06. The summed E-state index contributed by atoms with van der Waals surface area (Å²) in [6.07, 6.45) is 4.28. The maximum absolute atomic E-state index is 13.8. The van der Waals surface area contributed by atoms with Crippen LogP contribution in [-0.4, -0.2) is 49.3 Å². The van der Waals surface area contributed by atoms with Gasteiger partial charge in [0.25, 0.3) is 5.56 Å². The van der Waals surface area contributed by atoms with E-state index in [-0.39, 0.29) is 29.9 Å². The summed E-state index contributed by atoms with van der Waals surface area (Å²) in [5, 5.41) is 7.62. The van der Waals surface area contributed by atoms with Crippen molar-refractivity contribution in [3.8, 4) is 0 Å². The molecule has 146 valence electrons. The highest BCUT2D eigenvalue weighted by Crippen LogP contribution is 2.19. The van der Waals surface area contributed by atoms with Gasteiger partial charge in [0.1, 0.15) is 24.1 Å². The lowest BCUT2D eigenvalue weighted by atomic mass is 10.0. The van der Waals surface area contributed by atoms with Gasteiger partial charge in [-0.25, -0.2) is 9.37 Å². The quantitative estimate of drug-likeness (QED) is 0.734. The van der Waals surface area contributed by atoms with Crippen molar-refractivity contribution in [1.29, 1.82) is 0 Å². The van der Waals surface area contributed by atoms with Gasteiger partial charge in [-0.3, -0.25) is 18.8 Å². The Morgan fingerprint density at radius 2 is 2.04 bits per heavy atom. The van der Waals surface area contributed by atoms with E-state index < -0.39 is 0 Å². The van der Waals surface area contributed by atoms with Gasteiger partial charge in [0.05, 0.1) is 11.9 Å². The number of carbonyl (C=O) groups excluding carboxylic acids is 1. The average Bonchev–Trinajstić information content (AvgIpc) is 3.08. The zero-order chi connectivity index (χ0) is 19.7. The van der Waals surface area contributed by atoms with Gasteiger partial charge in [-0.1, -0.05) is 12.1 Å². The van der Waals surface area contributed by atoms with Crippen LogP contribution in [0.4, 0.5) is 10.1 Å². The van der Waals surface area contributed by atoms with Gasteiger partial charge in [-0.15, -0.1) is 0 Å². The Hall–Kier alpha value is -3.23. The molecule has 1 N–H and O–H groups in total. The molecule has 3 aromatic rings. The van der Waals surface area contributed by atoms with Crippen molar-refractivity contribution in [2.45, 2.75) is 25.4 Å². The molecule has 1 aliphatic rings. The van der Waals surface area contributed by atoms with E-state index in [0.717, 1.165) is 12.8 Å². The third-order valence-corrected chi connectivity index (χ3v) is 5.10. The van der Waals surface area contributed by atoms with Crippen molar-refractivity contribution in [1.82, 2.24) is 24.2 Å². The Morgan fingerprint density at radius 3 is 2.79 bits per heavy atom. The third kappa shape index (κ3) is 3.47. The van der Waals surface area contributed by atoms with Crippen LogP contribution in [-0.2, 0) is 18.4 Å². The lowest BCUT2D eigenvalue weighted by Crippen LogP contribution is -2.44. The van der Waals surface area contributed by atoms with Gasteiger partial charge in [0, 0.05) is 26.2 Å². The lowest BCUT2D eigenvalue weighted by Gasteiger charge is -2.33. The largest absolute Gasteiger partial charge is 0.380 e. The van der Waals surface area contributed by atoms with Gasteiger partial charge in [-0.2, -0.15) is 5.10 Å². The number of rotatable bonds is 4. The molecule has 1 fully saturated rings. The molecule has 9 heteroatoms. The van der Waals surface area contributed by atoms with Crippen LogP contribution in [0.3, 0.4) is 0 Å². The number of hydrogen-bond donors (Lipinski definition) is 1. The molecule has 1 amide bonds. The van der Waals surface area contributed by atoms with Crippen molar-refractivity contribution in [2.75, 3.05) is 18.4 Å². The Kier molecular flexibility index (Phi) is 4.81. The highest BCUT2D eigenvalue weighted by molar-refractivity contribution is 5.77. The minimum atomic E-state index is -0.279. The second-order valence-corrected chi connectivity index (χ2v) is 6.96. The maximum atomic E-state index is 13.8. The number of benzene rings is 1. The number of amides is 1. The van der Waals surface area contributed by atoms with E-state index in [0.29, 0.717) is 29.8 Å². The molecule has 1 aliphatic heterocycles. The van der Waals surface area contributed by atoms with Gasteiger partial charge in [-0.05, 0) is 25.0 Å². The molecule has 0 spiro atoms. The highest BCUT2D eigenvalue weighted by atomic mass is 19.1. The number of halogens is 1. The Labute approximate surface area is 160 Å². The first-order valence-corrected chi connectivity index (χ1v) is 9.19. The molecule has 0 atom stereocenters. The molecule has 4 rings (SSSR count). The first-order valence-electron chi connectivity index (χ1n) is 9.19. The number of nitrogens with zero attached hydrogens (tertiary/aromatic N) is 5. The molecular weight excluding hydrogens is 363 g/mol. The number of nitrogens with one attached hydrogen (secondary N) is 1. The number of aryl methyl sites for hydroxylation is 1. The first-order chi connectivity index (χ1) is 13.5. The van der Waals surface area contributed by atoms with Crippen LogP contribution < -0.4 is 10.9 Å². The minimum Gasteiger partial charge on any atom is -0.380 e. The SMILES string of the molecule is Cn1ncc2c(=O)n(CC(=O)N3CCC(Nc4ccccc4F)CC3)cnc21. The summed E-state index contributed by atoms with van der Waals surface area (Å²) in [5.41, 5.74) is 0.700. The number of aromatic nitrogens is 4. The van der Waals surface area contributed by atoms with Crippen molar-refractivity contribution >= 4 is 22.6 Å². The van der Waals surface area contributed by atoms with Crippen LogP contribution in [0.1, 0.15) is 12.8 Å². The van der Waals surface area contributed by atoms with Crippen LogP contribution >= 0.6 is 0 Å². The standard InChI is InChI=1S/C19H21FN6O2/c1-24-18-14(10-22-24)19(28)26(12-21-18)11-17(27)25-8-6-13(7-9-25)23-16-5-3-2-4-15(16)20/h2-5,10,12-13,23H,6-9,11H2,1H3. The number of carbonyl (C=O) groups is 1. The molecule has 8 nitrogen and oxygen atoms in total. The normalized spacial score (nSPS) is 15.1. The average molecular weight is 384 g/mol. The lowest BCUT2D eigenvalue weighted by molar-refractivity contribution is -0.132. The Morgan fingerprint density at radius 1 is 1.29 bits per heavy atom. The first kappa shape index (κ1) is 18.1. The molecule has 3 heterocycles. The predicted octanol–water partition coefficient (Wildman–Crippen LogP) is 1.37. The smallest absolute Gasteiger partial charge is 0.264 e. The van der Waals surface area contributed by atoms with Crippen molar-refractivity contribution in [3.63, 3.8) is 0 Å². The van der Waals surface area contributed by atoms with E-state index in [1.165, 1.54) is 27.8 Å². The number of hydrogen-bond acceptors (Lipinski definition) is 5. The third-order valence-electron chi connectivity index (χ3n) is 5.10. The number of piperidine rings is 1. The van der Waals surface area contributed by atoms with E-state index in [1.807, 2.05) is 0 Å². The number of fused-ring (bicyclic) bond motifs is 1. The van der Waals surface area contributed by atoms with E-state index in [9.17, 15) is 14.0 Å². The summed E-state index contributed by atoms with van der Waals surface area (Å²) in [6, 6.07) is 6.68. The minimum absolute atomic E-state index is 0.0535. The molecule has 1 aromatic carbocycles. The van der Waals surface area contributed by atoms with E-state index in [1.54, 1.807) is 30.1 Å². The van der Waals surface area contributed by atoms with Gasteiger partial charge >= 0.3 is 0 Å². The van der Waals surface area contributed by atoms with Gasteiger partial charge in [0.15, 0.2) is 5.65 Å². The van der Waals surface area contributed by atoms with E-state index in [2.05, 4.69) is 15.4 Å². The summed E-state index contributed by atoms with van der Waals surface area (Å²) >= 11 is 0. The molecule has 0 radical (unpaired) electrons. The second-order valence-electron chi connectivity index (χ2n) is 6.96. The molecule has 0 aliphatic carbocycles. The summed E-state index contributed by atoms with van der Waals surface area (Å²) < 4.78 is 16.6. The van der Waals surface area contributed by atoms with Crippen LogP contribution in [0.2, 0.25) is 0 Å². The summed E-state index contributed by atoms with van der Waals surface area (Å²) in [7, 11) is 1.71. The fraction of sp³-hybridized carbons (Fsp3) is 0.368. The zero-order valence-electron chi connectivity index (χ0n) is 15.5. The molecule has 0 unspecified atom stereocenters. The van der Waals surface area contributed by atoms with Gasteiger partial charge < -0.3 is 10.2 Å². The molecule has 0 saturated carbocycles. The van der Waals surface area contributed by atoms with Crippen molar-refractivity contribution in [2.24, 2.45) is 7.05 Å². The predicted molar refractivity (Wildman–Crippen MR) is 102 cm³/mol. The maximum Gasteiger partial charge on any atom is 0.264 e. The summed E-state index contributed by atoms with van der Waals surface area (Å²) in [4.78, 5) is 31.1. The number of likely N-dealkylation sites (tertiary alicyclic amines) is 1. The number of para-hydroxylation sites is 1. The zero-order valence-corrected chi connectivity index (χ0v) is 15.5. The monoisotopic (exact) mass is 384 g/mol. The fourth-order valence-corrected chi connectivity index (χ4v) is 3.50. The topological polar surface area (TPSA) is 85.0 Å². The van der Waals surface area contributed by atoms with Crippen molar-refractivity contribution < 1.29 is 9.18 Å². The van der Waals surface area contributed by atoms with Crippen LogP contribution in [0.5, 0.6) is 0 Å². The molecular formula is C19H21FN6O2. The number of anilines is 1. The second kappa shape index (κ2) is 7.41. The molecule has 28 heavy (non-hydrogen) atoms. The van der Waals surface area contributed by atoms with Gasteiger partial charge in [0.2, 0.25) is 5.91 Å². The van der Waals surface area contributed by atoms with E-state index in [4.69, 9.17) is 0 Å². The van der Waals surface area contributed by atoms with E-state index >= 15 is 0 Å². The molecule has 1 saturated heterocycles. The Bertz CT molecular complexity index is 1070. The van der Waals surface area contributed by atoms with Crippen LogP contribution in [0.25, 0.3) is 11.0 Å².